The molecule has 210 valence electrons. The van der Waals surface area contributed by atoms with E-state index < -0.39 is 57.8 Å². The smallest absolute Gasteiger partial charge is 0.306 e. The van der Waals surface area contributed by atoms with Crippen LogP contribution in [0.15, 0.2) is 23.8 Å². The van der Waals surface area contributed by atoms with Gasteiger partial charge in [0.05, 0.1) is 18.6 Å². The van der Waals surface area contributed by atoms with Crippen molar-refractivity contribution in [2.75, 3.05) is 12.5 Å². The maximum absolute atomic E-state index is 17.4. The summed E-state index contributed by atoms with van der Waals surface area (Å²) >= 11 is 6.09. The highest BCUT2D eigenvalue weighted by Crippen LogP contribution is 2.71. The SMILES string of the molecule is CCOC(=O)CCCC(=O)O[C@]1(C(=O)CCl)C(C)C[C@H]2[C@@H]3CCC4=CC(=O)C=C[C@]4(C)[C@@]3(F)C(O)C[C@@]21C. The number of halogens is 2. The standard InChI is InChI=1S/C29H38ClFO7/c1-5-37-24(35)7-6-8-25(36)38-29(23(34)16-30)17(2)13-21-20-10-9-18-14-19(32)11-12-26(18,3)28(20,31)22(33)15-27(21,29)4/h11-12,14,17,20-22,33H,5-10,13,15-16H2,1-4H3/t17?,20-,21-,22?,26-,27-,28-,29-/m0/s1. The van der Waals surface area contributed by atoms with Crippen LogP contribution in [0.25, 0.3) is 0 Å². The number of aliphatic hydroxyl groups is 1. The summed E-state index contributed by atoms with van der Waals surface area (Å²) < 4.78 is 28.3. The maximum Gasteiger partial charge on any atom is 0.306 e. The lowest BCUT2D eigenvalue weighted by atomic mass is 9.44. The number of hydrogen-bond acceptors (Lipinski definition) is 7. The molecule has 0 aromatic carbocycles. The fraction of sp³-hybridized carbons (Fsp3) is 0.724. The topological polar surface area (TPSA) is 107 Å². The van der Waals surface area contributed by atoms with Crippen LogP contribution in [0.1, 0.15) is 72.6 Å². The molecule has 3 saturated carbocycles. The van der Waals surface area contributed by atoms with Gasteiger partial charge in [0.1, 0.15) is 0 Å². The lowest BCUT2D eigenvalue weighted by Gasteiger charge is -2.62. The molecule has 0 aliphatic heterocycles. The van der Waals surface area contributed by atoms with Gasteiger partial charge in [-0.1, -0.05) is 25.5 Å². The van der Waals surface area contributed by atoms with E-state index in [1.54, 1.807) is 19.9 Å². The number of fused-ring (bicyclic) bond motifs is 5. The molecule has 0 amide bonds. The lowest BCUT2D eigenvalue weighted by Crippen LogP contribution is -2.70. The molecular formula is C29H38ClFO7. The molecule has 3 fully saturated rings. The van der Waals surface area contributed by atoms with Crippen molar-refractivity contribution < 1.29 is 38.1 Å². The first-order valence-electron chi connectivity index (χ1n) is 13.6. The number of aliphatic hydroxyl groups excluding tert-OH is 1. The summed E-state index contributed by atoms with van der Waals surface area (Å²) in [7, 11) is 0. The minimum Gasteiger partial charge on any atom is -0.466 e. The molecule has 38 heavy (non-hydrogen) atoms. The summed E-state index contributed by atoms with van der Waals surface area (Å²) in [5.41, 5.74) is -5.21. The van der Waals surface area contributed by atoms with Crippen molar-refractivity contribution in [2.24, 2.45) is 28.6 Å². The number of carbonyl (C=O) groups is 4. The van der Waals surface area contributed by atoms with Crippen LogP contribution in [-0.4, -0.2) is 58.5 Å². The highest BCUT2D eigenvalue weighted by Gasteiger charge is 2.77. The van der Waals surface area contributed by atoms with Gasteiger partial charge in [-0.05, 0) is 64.0 Å². The number of carbonyl (C=O) groups excluding carboxylic acids is 4. The van der Waals surface area contributed by atoms with Crippen molar-refractivity contribution in [2.45, 2.75) is 90.0 Å². The second-order valence-corrected chi connectivity index (χ2v) is 12.1. The summed E-state index contributed by atoms with van der Waals surface area (Å²) in [6.07, 6.45) is 4.36. The lowest BCUT2D eigenvalue weighted by molar-refractivity contribution is -0.227. The molecule has 8 atom stereocenters. The van der Waals surface area contributed by atoms with E-state index in [9.17, 15) is 24.3 Å². The molecule has 2 unspecified atom stereocenters. The largest absolute Gasteiger partial charge is 0.466 e. The monoisotopic (exact) mass is 552 g/mol. The molecule has 4 aliphatic rings. The molecule has 1 N–H and O–H groups in total. The zero-order valence-corrected chi connectivity index (χ0v) is 23.3. The average Bonchev–Trinajstić information content (AvgIpc) is 3.07. The maximum atomic E-state index is 17.4. The number of rotatable bonds is 8. The van der Waals surface area contributed by atoms with Crippen molar-refractivity contribution in [1.29, 1.82) is 0 Å². The number of hydrogen-bond donors (Lipinski definition) is 1. The molecular weight excluding hydrogens is 515 g/mol. The molecule has 0 aromatic heterocycles. The van der Waals surface area contributed by atoms with Gasteiger partial charge in [0.25, 0.3) is 0 Å². The van der Waals surface area contributed by atoms with E-state index >= 15 is 4.39 Å². The van der Waals surface area contributed by atoms with Crippen molar-refractivity contribution in [3.8, 4) is 0 Å². The summed E-state index contributed by atoms with van der Waals surface area (Å²) in [5.74, 6) is -3.53. The number of ether oxygens (including phenoxy) is 2. The van der Waals surface area contributed by atoms with E-state index in [0.717, 1.165) is 0 Å². The molecule has 4 rings (SSSR count). The normalized spacial score (nSPS) is 41.4. The van der Waals surface area contributed by atoms with E-state index in [0.29, 0.717) is 24.8 Å². The molecule has 0 saturated heterocycles. The zero-order chi connectivity index (χ0) is 28.1. The van der Waals surface area contributed by atoms with Gasteiger partial charge < -0.3 is 14.6 Å². The number of Topliss-reactive ketones (excluding diaryl/α,β-unsaturated/α-hetero) is 1. The number of esters is 2. The highest BCUT2D eigenvalue weighted by atomic mass is 35.5. The van der Waals surface area contributed by atoms with Gasteiger partial charge in [-0.2, -0.15) is 0 Å². The van der Waals surface area contributed by atoms with Crippen LogP contribution in [0.2, 0.25) is 0 Å². The fourth-order valence-corrected chi connectivity index (χ4v) is 8.54. The van der Waals surface area contributed by atoms with Gasteiger partial charge in [0.2, 0.25) is 0 Å². The van der Waals surface area contributed by atoms with Gasteiger partial charge >= 0.3 is 11.9 Å². The summed E-state index contributed by atoms with van der Waals surface area (Å²) in [6, 6.07) is 0. The van der Waals surface area contributed by atoms with E-state index in [-0.39, 0.29) is 49.9 Å². The first-order valence-corrected chi connectivity index (χ1v) is 14.1. The van der Waals surface area contributed by atoms with Crippen molar-refractivity contribution in [3.05, 3.63) is 23.8 Å². The van der Waals surface area contributed by atoms with Crippen molar-refractivity contribution in [3.63, 3.8) is 0 Å². The van der Waals surface area contributed by atoms with Crippen LogP contribution in [0.4, 0.5) is 4.39 Å². The van der Waals surface area contributed by atoms with Crippen LogP contribution in [0.3, 0.4) is 0 Å². The number of ketones is 2. The second kappa shape index (κ2) is 10.2. The highest BCUT2D eigenvalue weighted by molar-refractivity contribution is 6.29. The van der Waals surface area contributed by atoms with Crippen LogP contribution in [0, 0.1) is 28.6 Å². The Bertz CT molecular complexity index is 1090. The van der Waals surface area contributed by atoms with E-state index in [1.807, 2.05) is 13.8 Å². The second-order valence-electron chi connectivity index (χ2n) is 11.8. The summed E-state index contributed by atoms with van der Waals surface area (Å²) in [6.45, 7) is 7.31. The third kappa shape index (κ3) is 4.00. The van der Waals surface area contributed by atoms with Crippen molar-refractivity contribution in [1.82, 2.24) is 0 Å². The third-order valence-corrected chi connectivity index (χ3v) is 10.3. The minimum atomic E-state index is -2.05. The molecule has 0 aromatic rings. The van der Waals surface area contributed by atoms with Crippen molar-refractivity contribution >= 4 is 35.1 Å². The third-order valence-electron chi connectivity index (χ3n) is 10.1. The number of alkyl halides is 2. The van der Waals surface area contributed by atoms with Crippen LogP contribution in [0.5, 0.6) is 0 Å². The quantitative estimate of drug-likeness (QED) is 0.351. The Balaban J connectivity index is 1.68. The molecule has 4 aliphatic carbocycles. The van der Waals surface area contributed by atoms with E-state index in [2.05, 4.69) is 0 Å². The first-order chi connectivity index (χ1) is 17.8. The number of allylic oxidation sites excluding steroid dienone is 4. The summed E-state index contributed by atoms with van der Waals surface area (Å²) in [5, 5.41) is 11.5. The van der Waals surface area contributed by atoms with Gasteiger partial charge in [-0.15, -0.1) is 11.6 Å². The van der Waals surface area contributed by atoms with Crippen LogP contribution >= 0.6 is 11.6 Å². The van der Waals surface area contributed by atoms with Gasteiger partial charge in [0.15, 0.2) is 22.8 Å². The first kappa shape index (κ1) is 28.9. The average molecular weight is 553 g/mol. The predicted octanol–water partition coefficient (Wildman–Crippen LogP) is 4.43. The molecule has 0 spiro atoms. The van der Waals surface area contributed by atoms with Gasteiger partial charge in [-0.25, -0.2) is 4.39 Å². The Morgan fingerprint density at radius 2 is 1.87 bits per heavy atom. The Labute approximate surface area is 228 Å². The molecule has 0 bridgehead atoms. The molecule has 0 heterocycles. The molecule has 0 radical (unpaired) electrons. The Kier molecular flexibility index (Phi) is 7.74. The van der Waals surface area contributed by atoms with Gasteiger partial charge in [-0.3, -0.25) is 19.2 Å². The summed E-state index contributed by atoms with van der Waals surface area (Å²) in [4.78, 5) is 50.4. The Hall–Kier alpha value is -2.06. The molecule has 9 heteroatoms. The Morgan fingerprint density at radius 1 is 1.18 bits per heavy atom. The van der Waals surface area contributed by atoms with Crippen LogP contribution in [-0.2, 0) is 28.7 Å². The van der Waals surface area contributed by atoms with E-state index in [4.69, 9.17) is 21.1 Å². The van der Waals surface area contributed by atoms with Gasteiger partial charge in [0, 0.05) is 35.5 Å². The molecule has 7 nitrogen and oxygen atoms in total. The van der Waals surface area contributed by atoms with E-state index in [1.165, 1.54) is 12.2 Å². The minimum absolute atomic E-state index is 0.0461. The fourth-order valence-electron chi connectivity index (χ4n) is 8.34. The Morgan fingerprint density at radius 3 is 2.53 bits per heavy atom. The predicted molar refractivity (Wildman–Crippen MR) is 138 cm³/mol. The van der Waals surface area contributed by atoms with Crippen LogP contribution < -0.4 is 0 Å². The zero-order valence-electron chi connectivity index (χ0n) is 22.6.